The van der Waals surface area contributed by atoms with Crippen LogP contribution in [0.25, 0.3) is 0 Å². The highest BCUT2D eigenvalue weighted by atomic mass is 32.2. The zero-order valence-corrected chi connectivity index (χ0v) is 10.3. The molecule has 0 heterocycles. The molecule has 2 atom stereocenters. The van der Waals surface area contributed by atoms with Crippen LogP contribution in [0.15, 0.2) is 0 Å². The first-order valence-electron chi connectivity index (χ1n) is 4.62. The zero-order chi connectivity index (χ0) is 10.9. The molecule has 2 nitrogen and oxygen atoms in total. The largest absolute Gasteiger partial charge is 0.772 e. The van der Waals surface area contributed by atoms with Crippen molar-refractivity contribution in [3.05, 3.63) is 0 Å². The van der Waals surface area contributed by atoms with Crippen LogP contribution in [0.3, 0.4) is 0 Å². The fourth-order valence-corrected chi connectivity index (χ4v) is 2.43. The topological polar surface area (TPSA) is 40.1 Å². The summed E-state index contributed by atoms with van der Waals surface area (Å²) in [6.45, 7) is 12.1. The monoisotopic (exact) mass is 205 g/mol. The SMILES string of the molecule is CC(C)(C)CC(S(=O)[O-])C(C)(C)C. The van der Waals surface area contributed by atoms with Crippen molar-refractivity contribution in [3.8, 4) is 0 Å². The molecule has 0 bridgehead atoms. The quantitative estimate of drug-likeness (QED) is 0.650. The van der Waals surface area contributed by atoms with Crippen LogP contribution in [0.1, 0.15) is 48.0 Å². The Morgan fingerprint density at radius 1 is 1.15 bits per heavy atom. The lowest BCUT2D eigenvalue weighted by molar-refractivity contribution is 0.273. The van der Waals surface area contributed by atoms with E-state index in [-0.39, 0.29) is 16.1 Å². The van der Waals surface area contributed by atoms with E-state index in [0.717, 1.165) is 0 Å². The molecule has 0 aromatic carbocycles. The van der Waals surface area contributed by atoms with Crippen LogP contribution in [0.2, 0.25) is 0 Å². The number of hydrogen-bond donors (Lipinski definition) is 0. The molecule has 2 unspecified atom stereocenters. The van der Waals surface area contributed by atoms with E-state index in [1.807, 2.05) is 20.8 Å². The van der Waals surface area contributed by atoms with E-state index in [1.54, 1.807) is 0 Å². The molecule has 0 fully saturated rings. The van der Waals surface area contributed by atoms with Crippen molar-refractivity contribution >= 4 is 11.1 Å². The maximum Gasteiger partial charge on any atom is 0.0269 e. The van der Waals surface area contributed by atoms with Crippen LogP contribution in [0.4, 0.5) is 0 Å². The molecule has 80 valence electrons. The Morgan fingerprint density at radius 2 is 1.54 bits per heavy atom. The normalized spacial score (nSPS) is 18.4. The second kappa shape index (κ2) is 4.09. The standard InChI is InChI=1S/C10H22O2S/c1-9(2,3)7-8(13(11)12)10(4,5)6/h8H,7H2,1-6H3,(H,11,12)/p-1. The van der Waals surface area contributed by atoms with E-state index in [1.165, 1.54) is 0 Å². The van der Waals surface area contributed by atoms with Gasteiger partial charge < -0.3 is 4.55 Å². The molecule has 0 spiro atoms. The molecule has 0 N–H and O–H groups in total. The smallest absolute Gasteiger partial charge is 0.0269 e. The first-order chi connectivity index (χ1) is 5.54. The van der Waals surface area contributed by atoms with Gasteiger partial charge in [0.2, 0.25) is 0 Å². The minimum Gasteiger partial charge on any atom is -0.772 e. The molecular formula is C10H21O2S-. The lowest BCUT2D eigenvalue weighted by atomic mass is 9.81. The van der Waals surface area contributed by atoms with Gasteiger partial charge in [-0.25, -0.2) is 0 Å². The lowest BCUT2D eigenvalue weighted by Crippen LogP contribution is -2.34. The van der Waals surface area contributed by atoms with E-state index in [2.05, 4.69) is 20.8 Å². The fraction of sp³-hybridized carbons (Fsp3) is 1.00. The molecule has 3 heteroatoms. The maximum atomic E-state index is 11.0. The van der Waals surface area contributed by atoms with Gasteiger partial charge in [-0.2, -0.15) is 0 Å². The zero-order valence-electron chi connectivity index (χ0n) is 9.51. The Kier molecular flexibility index (Phi) is 4.13. The molecule has 0 aromatic heterocycles. The molecule has 0 rings (SSSR count). The summed E-state index contributed by atoms with van der Waals surface area (Å²) in [7, 11) is 0. The van der Waals surface area contributed by atoms with Crippen molar-refractivity contribution in [2.45, 2.75) is 53.2 Å². The third-order valence-electron chi connectivity index (χ3n) is 2.00. The van der Waals surface area contributed by atoms with Crippen LogP contribution in [-0.2, 0) is 11.1 Å². The van der Waals surface area contributed by atoms with Gasteiger partial charge in [-0.15, -0.1) is 0 Å². The maximum absolute atomic E-state index is 11.0. The van der Waals surface area contributed by atoms with Crippen LogP contribution in [-0.4, -0.2) is 14.0 Å². The van der Waals surface area contributed by atoms with Crippen molar-refractivity contribution in [1.82, 2.24) is 0 Å². The minimum atomic E-state index is -1.97. The Bertz CT molecular complexity index is 186. The highest BCUT2D eigenvalue weighted by Gasteiger charge is 2.29. The van der Waals surface area contributed by atoms with Gasteiger partial charge in [0.15, 0.2) is 0 Å². The summed E-state index contributed by atoms with van der Waals surface area (Å²) < 4.78 is 22.0. The molecular weight excluding hydrogens is 184 g/mol. The van der Waals surface area contributed by atoms with E-state index in [0.29, 0.717) is 6.42 Å². The first kappa shape index (κ1) is 13.1. The highest BCUT2D eigenvalue weighted by molar-refractivity contribution is 7.79. The summed E-state index contributed by atoms with van der Waals surface area (Å²) in [5.41, 5.74) is -0.0993. The van der Waals surface area contributed by atoms with E-state index in [9.17, 15) is 8.76 Å². The van der Waals surface area contributed by atoms with Crippen LogP contribution in [0, 0.1) is 10.8 Å². The number of rotatable bonds is 2. The Labute approximate surface area is 84.4 Å². The van der Waals surface area contributed by atoms with Gasteiger partial charge in [0.05, 0.1) is 0 Å². The molecule has 0 aliphatic rings. The van der Waals surface area contributed by atoms with Crippen molar-refractivity contribution in [2.75, 3.05) is 0 Å². The molecule has 0 radical (unpaired) electrons. The van der Waals surface area contributed by atoms with Gasteiger partial charge in [-0.3, -0.25) is 4.21 Å². The van der Waals surface area contributed by atoms with Gasteiger partial charge in [0.25, 0.3) is 0 Å². The average molecular weight is 205 g/mol. The molecule has 0 aliphatic carbocycles. The van der Waals surface area contributed by atoms with E-state index in [4.69, 9.17) is 0 Å². The fourth-order valence-electron chi connectivity index (χ4n) is 1.22. The predicted octanol–water partition coefficient (Wildman–Crippen LogP) is 2.72. The van der Waals surface area contributed by atoms with Crippen molar-refractivity contribution < 1.29 is 8.76 Å². The van der Waals surface area contributed by atoms with Crippen molar-refractivity contribution in [1.29, 1.82) is 0 Å². The summed E-state index contributed by atoms with van der Waals surface area (Å²) >= 11 is -1.97. The Hall–Kier alpha value is 0.110. The second-order valence-corrected chi connectivity index (χ2v) is 6.97. The van der Waals surface area contributed by atoms with Crippen LogP contribution < -0.4 is 0 Å². The molecule has 0 saturated heterocycles. The summed E-state index contributed by atoms with van der Waals surface area (Å²) in [4.78, 5) is 0. The third kappa shape index (κ3) is 5.42. The summed E-state index contributed by atoms with van der Waals surface area (Å²) in [6.07, 6.45) is 0.715. The van der Waals surface area contributed by atoms with Crippen molar-refractivity contribution in [3.63, 3.8) is 0 Å². The summed E-state index contributed by atoms with van der Waals surface area (Å²) in [5.74, 6) is 0. The van der Waals surface area contributed by atoms with Gasteiger partial charge in [0, 0.05) is 5.25 Å². The Morgan fingerprint density at radius 3 is 1.62 bits per heavy atom. The lowest BCUT2D eigenvalue weighted by Gasteiger charge is -2.36. The van der Waals surface area contributed by atoms with Crippen molar-refractivity contribution in [2.24, 2.45) is 10.8 Å². The van der Waals surface area contributed by atoms with Gasteiger partial charge in [0.1, 0.15) is 0 Å². The third-order valence-corrected chi connectivity index (χ3v) is 3.33. The minimum absolute atomic E-state index is 0.0675. The summed E-state index contributed by atoms with van der Waals surface area (Å²) in [6, 6.07) is 0. The molecule has 0 amide bonds. The first-order valence-corrected chi connectivity index (χ1v) is 5.76. The molecule has 13 heavy (non-hydrogen) atoms. The molecule has 0 saturated carbocycles. The number of hydrogen-bond acceptors (Lipinski definition) is 2. The summed E-state index contributed by atoms with van der Waals surface area (Å²) in [5, 5.41) is -0.257. The van der Waals surface area contributed by atoms with Crippen LogP contribution in [0.5, 0.6) is 0 Å². The average Bonchev–Trinajstić information content (AvgIpc) is 1.77. The van der Waals surface area contributed by atoms with Gasteiger partial charge in [-0.05, 0) is 17.3 Å². The van der Waals surface area contributed by atoms with Gasteiger partial charge >= 0.3 is 0 Å². The highest BCUT2D eigenvalue weighted by Crippen LogP contribution is 2.33. The molecule has 0 aromatic rings. The van der Waals surface area contributed by atoms with E-state index < -0.39 is 11.1 Å². The molecule has 0 aliphatic heterocycles. The second-order valence-electron chi connectivity index (χ2n) is 5.88. The van der Waals surface area contributed by atoms with Gasteiger partial charge in [-0.1, -0.05) is 52.6 Å². The predicted molar refractivity (Wildman–Crippen MR) is 56.2 cm³/mol. The Balaban J connectivity index is 4.56. The van der Waals surface area contributed by atoms with E-state index >= 15 is 0 Å². The van der Waals surface area contributed by atoms with Crippen LogP contribution >= 0.6 is 0 Å².